The third kappa shape index (κ3) is 2.39. The fraction of sp³-hybridized carbons (Fsp3) is 0.0667. The minimum Gasteiger partial charge on any atom is -0.360 e. The van der Waals surface area contributed by atoms with Crippen molar-refractivity contribution in [3.8, 4) is 0 Å². The molecule has 0 amide bonds. The summed E-state index contributed by atoms with van der Waals surface area (Å²) < 4.78 is 13.5. The van der Waals surface area contributed by atoms with Crippen LogP contribution in [-0.2, 0) is 9.36 Å². The van der Waals surface area contributed by atoms with E-state index in [0.29, 0.717) is 10.6 Å². The van der Waals surface area contributed by atoms with Gasteiger partial charge in [-0.2, -0.15) is 4.79 Å². The lowest BCUT2D eigenvalue weighted by Gasteiger charge is -2.13. The molecule has 0 fully saturated rings. The number of rotatable bonds is 4. The molecule has 0 N–H and O–H groups in total. The van der Waals surface area contributed by atoms with E-state index in [4.69, 9.17) is 5.53 Å². The minimum absolute atomic E-state index is 0.310. The number of carbonyl (C=O) groups is 1. The minimum atomic E-state index is -3.44. The summed E-state index contributed by atoms with van der Waals surface area (Å²) in [4.78, 5) is 14.7. The summed E-state index contributed by atoms with van der Waals surface area (Å²) in [6.07, 6.45) is 0. The van der Waals surface area contributed by atoms with Gasteiger partial charge in [0.15, 0.2) is 0 Å². The molecule has 4 nitrogen and oxygen atoms in total. The predicted molar refractivity (Wildman–Crippen MR) is 79.1 cm³/mol. The third-order valence-electron chi connectivity index (χ3n) is 2.95. The van der Waals surface area contributed by atoms with E-state index in [-0.39, 0.29) is 5.45 Å². The van der Waals surface area contributed by atoms with Gasteiger partial charge in [0, 0.05) is 17.5 Å². The van der Waals surface area contributed by atoms with E-state index >= 15 is 0 Å². The summed E-state index contributed by atoms with van der Waals surface area (Å²) in [5.41, 5.74) is 8.84. The van der Waals surface area contributed by atoms with Crippen LogP contribution in [0, 0.1) is 0 Å². The SMILES string of the molecule is CC(=O)C(=[N+]=[N-])P(=O)(c1ccccc1)c1ccccc1. The first kappa shape index (κ1) is 14.1. The van der Waals surface area contributed by atoms with Crippen LogP contribution in [0.1, 0.15) is 6.92 Å². The van der Waals surface area contributed by atoms with Crippen LogP contribution in [0.25, 0.3) is 5.53 Å². The summed E-state index contributed by atoms with van der Waals surface area (Å²) in [5, 5.41) is 0.934. The first-order chi connectivity index (χ1) is 9.60. The predicted octanol–water partition coefficient (Wildman–Crippen LogP) is 2.22. The first-order valence-corrected chi connectivity index (χ1v) is 7.76. The highest BCUT2D eigenvalue weighted by Gasteiger charge is 2.43. The Morgan fingerprint density at radius 1 is 0.950 bits per heavy atom. The summed E-state index contributed by atoms with van der Waals surface area (Å²) in [7, 11) is -3.44. The third-order valence-corrected chi connectivity index (χ3v) is 6.00. The van der Waals surface area contributed by atoms with Gasteiger partial charge in [0.05, 0.1) is 0 Å². The molecule has 0 saturated carbocycles. The van der Waals surface area contributed by atoms with Gasteiger partial charge in [-0.05, 0) is 0 Å². The fourth-order valence-electron chi connectivity index (χ4n) is 2.02. The van der Waals surface area contributed by atoms with Crippen molar-refractivity contribution in [2.75, 3.05) is 0 Å². The zero-order valence-electron chi connectivity index (χ0n) is 10.9. The summed E-state index contributed by atoms with van der Waals surface area (Å²) in [5.74, 6) is -0.511. The molecule has 0 atom stereocenters. The molecular formula is C15H13N2O2P. The Hall–Kier alpha value is -2.28. The van der Waals surface area contributed by atoms with Gasteiger partial charge in [0.1, 0.15) is 0 Å². The fourth-order valence-corrected chi connectivity index (χ4v) is 4.57. The largest absolute Gasteiger partial charge is 0.397 e. The van der Waals surface area contributed by atoms with Crippen molar-refractivity contribution in [1.82, 2.24) is 0 Å². The maximum atomic E-state index is 13.5. The lowest BCUT2D eigenvalue weighted by Crippen LogP contribution is -2.27. The van der Waals surface area contributed by atoms with Crippen LogP contribution in [0.4, 0.5) is 0 Å². The van der Waals surface area contributed by atoms with Crippen molar-refractivity contribution in [2.24, 2.45) is 0 Å². The van der Waals surface area contributed by atoms with E-state index in [9.17, 15) is 9.36 Å². The van der Waals surface area contributed by atoms with Crippen molar-refractivity contribution in [2.45, 2.75) is 6.92 Å². The molecule has 0 aliphatic heterocycles. The molecule has 2 aromatic rings. The van der Waals surface area contributed by atoms with Crippen LogP contribution >= 0.6 is 7.14 Å². The molecule has 0 heterocycles. The highest BCUT2D eigenvalue weighted by Crippen LogP contribution is 2.44. The molecule has 0 unspecified atom stereocenters. The molecule has 0 aliphatic carbocycles. The first-order valence-electron chi connectivity index (χ1n) is 6.05. The number of ketones is 1. The molecule has 0 radical (unpaired) electrons. The van der Waals surface area contributed by atoms with Crippen LogP contribution in [0.2, 0.25) is 0 Å². The van der Waals surface area contributed by atoms with Gasteiger partial charge in [0.2, 0.25) is 5.78 Å². The molecule has 0 spiro atoms. The van der Waals surface area contributed by atoms with Crippen molar-refractivity contribution in [1.29, 1.82) is 0 Å². The van der Waals surface area contributed by atoms with Crippen molar-refractivity contribution in [3.05, 3.63) is 66.2 Å². The van der Waals surface area contributed by atoms with Crippen molar-refractivity contribution in [3.63, 3.8) is 0 Å². The van der Waals surface area contributed by atoms with Gasteiger partial charge < -0.3 is 10.1 Å². The summed E-state index contributed by atoms with van der Waals surface area (Å²) >= 11 is 0. The number of Topliss-reactive ketones (excluding diaryl/α,β-unsaturated/α-hetero) is 1. The smallest absolute Gasteiger partial charge is 0.360 e. The monoisotopic (exact) mass is 284 g/mol. The molecule has 0 aliphatic rings. The van der Waals surface area contributed by atoms with Crippen LogP contribution in [0.5, 0.6) is 0 Å². The standard InChI is InChI=1S/C15H13N2O2P/c1-12(18)15(17-16)20(19,13-8-4-2-5-9-13)14-10-6-3-7-11-14/h2-11H,1H3. The second-order valence-corrected chi connectivity index (χ2v) is 6.94. The van der Waals surface area contributed by atoms with E-state index in [1.165, 1.54) is 6.92 Å². The van der Waals surface area contributed by atoms with Crippen LogP contribution < -0.4 is 10.6 Å². The molecule has 5 heteroatoms. The van der Waals surface area contributed by atoms with Gasteiger partial charge in [-0.1, -0.05) is 60.7 Å². The van der Waals surface area contributed by atoms with E-state index in [0.717, 1.165) is 0 Å². The van der Waals surface area contributed by atoms with Crippen LogP contribution in [0.3, 0.4) is 0 Å². The van der Waals surface area contributed by atoms with Crippen molar-refractivity contribution >= 4 is 29.0 Å². The van der Waals surface area contributed by atoms with Gasteiger partial charge in [0.25, 0.3) is 7.14 Å². The van der Waals surface area contributed by atoms with Gasteiger partial charge in [-0.25, -0.2) is 0 Å². The molecular weight excluding hydrogens is 271 g/mol. The summed E-state index contributed by atoms with van der Waals surface area (Å²) in [6.45, 7) is 1.24. The maximum Gasteiger partial charge on any atom is 0.397 e. The Morgan fingerprint density at radius 3 is 1.65 bits per heavy atom. The lowest BCUT2D eigenvalue weighted by molar-refractivity contribution is -0.114. The average Bonchev–Trinajstić information content (AvgIpc) is 2.49. The quantitative estimate of drug-likeness (QED) is 0.374. The molecule has 100 valence electrons. The number of hydrogen-bond acceptors (Lipinski definition) is 2. The van der Waals surface area contributed by atoms with E-state index in [1.807, 2.05) is 0 Å². The highest BCUT2D eigenvalue weighted by atomic mass is 31.2. The molecule has 0 saturated heterocycles. The highest BCUT2D eigenvalue weighted by molar-refractivity contribution is 7.95. The second-order valence-electron chi connectivity index (χ2n) is 4.26. The molecule has 20 heavy (non-hydrogen) atoms. The van der Waals surface area contributed by atoms with E-state index in [1.54, 1.807) is 60.7 Å². The van der Waals surface area contributed by atoms with Crippen LogP contribution in [-0.4, -0.2) is 16.0 Å². The van der Waals surface area contributed by atoms with Gasteiger partial charge >= 0.3 is 5.45 Å². The Morgan fingerprint density at radius 2 is 1.35 bits per heavy atom. The number of nitrogens with zero attached hydrogens (tertiary/aromatic N) is 2. The normalized spacial score (nSPS) is 10.7. The Balaban J connectivity index is 2.78. The van der Waals surface area contributed by atoms with E-state index in [2.05, 4.69) is 4.79 Å². The van der Waals surface area contributed by atoms with E-state index < -0.39 is 12.9 Å². The second kappa shape index (κ2) is 5.79. The topological polar surface area (TPSA) is 70.5 Å². The molecule has 2 aromatic carbocycles. The number of carbonyl (C=O) groups excluding carboxylic acids is 1. The Kier molecular flexibility index (Phi) is 4.09. The maximum absolute atomic E-state index is 13.5. The Bertz CT molecular complexity index is 677. The van der Waals surface area contributed by atoms with Gasteiger partial charge in [-0.15, -0.1) is 0 Å². The van der Waals surface area contributed by atoms with Gasteiger partial charge in [-0.3, -0.25) is 4.79 Å². The molecule has 0 aromatic heterocycles. The van der Waals surface area contributed by atoms with Crippen molar-refractivity contribution < 1.29 is 14.1 Å². The summed E-state index contributed by atoms with van der Waals surface area (Å²) in [6, 6.07) is 17.2. The number of benzene rings is 2. The molecule has 2 rings (SSSR count). The zero-order valence-corrected chi connectivity index (χ0v) is 11.8. The average molecular weight is 284 g/mol. The Labute approximate surface area is 117 Å². The zero-order chi connectivity index (χ0) is 14.6. The number of hydrogen-bond donors (Lipinski definition) is 0. The molecule has 0 bridgehead atoms. The lowest BCUT2D eigenvalue weighted by atomic mass is 10.4. The van der Waals surface area contributed by atoms with Crippen LogP contribution in [0.15, 0.2) is 60.7 Å².